The van der Waals surface area contributed by atoms with E-state index in [0.717, 1.165) is 32.1 Å². The molecule has 1 fully saturated rings. The minimum Gasteiger partial charge on any atom is -0.481 e. The number of aliphatic hydroxyl groups excluding tert-OH is 2. The molecule has 5 heteroatoms. The third-order valence-electron chi connectivity index (χ3n) is 5.92. The molecule has 0 saturated heterocycles. The fourth-order valence-electron chi connectivity index (χ4n) is 4.03. The first-order chi connectivity index (χ1) is 13.8. The molecule has 0 aromatic carbocycles. The summed E-state index contributed by atoms with van der Waals surface area (Å²) in [6, 6.07) is 0. The second-order valence-corrected chi connectivity index (χ2v) is 8.43. The number of carboxylic acids is 1. The van der Waals surface area contributed by atoms with Crippen LogP contribution in [0.15, 0.2) is 37.0 Å². The quantitative estimate of drug-likeness (QED) is 0.238. The van der Waals surface area contributed by atoms with Gasteiger partial charge in [0, 0.05) is 5.92 Å². The van der Waals surface area contributed by atoms with Crippen molar-refractivity contribution in [1.82, 2.24) is 0 Å². The van der Waals surface area contributed by atoms with E-state index in [9.17, 15) is 20.1 Å². The van der Waals surface area contributed by atoms with Crippen LogP contribution in [0.2, 0.25) is 0 Å². The molecular formula is C24H40O5. The molecular weight excluding hydrogens is 368 g/mol. The molecule has 2 unspecified atom stereocenters. The van der Waals surface area contributed by atoms with E-state index in [2.05, 4.69) is 13.5 Å². The Morgan fingerprint density at radius 3 is 2.62 bits per heavy atom. The standard InChI is InChI=1S/C24H40O5/c1-3-5-6-9-16-24(29,4-2)17-10-13-21-19(14-15-22(21)26)11-7-8-12-20(25)18-23(27)28/h4,7-8,10,13,19-22,25-26,29H,2-3,5-6,9,11-12,14-18H2,1H3,(H,27,28)/t19-,20?,21+,22+,24?/m0/s1. The predicted molar refractivity (Wildman–Crippen MR) is 117 cm³/mol. The second kappa shape index (κ2) is 13.7. The Kier molecular flexibility index (Phi) is 12.1. The molecule has 4 N–H and O–H groups in total. The molecule has 5 nitrogen and oxygen atoms in total. The van der Waals surface area contributed by atoms with Crippen molar-refractivity contribution >= 4 is 5.97 Å². The molecule has 0 aliphatic heterocycles. The monoisotopic (exact) mass is 408 g/mol. The van der Waals surface area contributed by atoms with Crippen molar-refractivity contribution < 1.29 is 25.2 Å². The van der Waals surface area contributed by atoms with Crippen LogP contribution in [0.1, 0.15) is 77.6 Å². The molecule has 0 aromatic rings. The van der Waals surface area contributed by atoms with E-state index in [4.69, 9.17) is 5.11 Å². The number of allylic oxidation sites excluding steroid dienone is 1. The van der Waals surface area contributed by atoms with E-state index in [0.29, 0.717) is 25.2 Å². The summed E-state index contributed by atoms with van der Waals surface area (Å²) in [6.07, 6.45) is 16.4. The van der Waals surface area contributed by atoms with Crippen molar-refractivity contribution in [2.45, 2.75) is 95.4 Å². The highest BCUT2D eigenvalue weighted by Gasteiger charge is 2.32. The molecule has 166 valence electrons. The highest BCUT2D eigenvalue weighted by Crippen LogP contribution is 2.36. The Balaban J connectivity index is 2.50. The molecule has 0 radical (unpaired) electrons. The average molecular weight is 409 g/mol. The predicted octanol–water partition coefficient (Wildman–Crippen LogP) is 4.38. The third-order valence-corrected chi connectivity index (χ3v) is 5.92. The van der Waals surface area contributed by atoms with E-state index < -0.39 is 17.7 Å². The Bertz CT molecular complexity index is 541. The first kappa shape index (κ1) is 25.6. The molecule has 0 amide bonds. The van der Waals surface area contributed by atoms with Crippen molar-refractivity contribution in [3.63, 3.8) is 0 Å². The fraction of sp³-hybridized carbons (Fsp3) is 0.708. The molecule has 0 spiro atoms. The summed E-state index contributed by atoms with van der Waals surface area (Å²) in [4.78, 5) is 10.6. The lowest BCUT2D eigenvalue weighted by Gasteiger charge is -2.23. The molecule has 0 heterocycles. The lowest BCUT2D eigenvalue weighted by molar-refractivity contribution is -0.139. The molecule has 1 rings (SSSR count). The summed E-state index contributed by atoms with van der Waals surface area (Å²) < 4.78 is 0. The largest absolute Gasteiger partial charge is 0.481 e. The van der Waals surface area contributed by atoms with E-state index in [1.165, 1.54) is 12.8 Å². The van der Waals surface area contributed by atoms with Crippen LogP contribution in [0, 0.1) is 11.8 Å². The number of unbranched alkanes of at least 4 members (excludes halogenated alkanes) is 3. The van der Waals surface area contributed by atoms with Gasteiger partial charge in [-0.3, -0.25) is 4.79 Å². The van der Waals surface area contributed by atoms with Gasteiger partial charge in [0.05, 0.1) is 24.2 Å². The highest BCUT2D eigenvalue weighted by atomic mass is 16.4. The fourth-order valence-corrected chi connectivity index (χ4v) is 4.03. The number of carboxylic acid groups (broad SMARTS) is 1. The van der Waals surface area contributed by atoms with Crippen molar-refractivity contribution in [3.05, 3.63) is 37.0 Å². The summed E-state index contributed by atoms with van der Waals surface area (Å²) >= 11 is 0. The second-order valence-electron chi connectivity index (χ2n) is 8.43. The minimum absolute atomic E-state index is 0.0535. The van der Waals surface area contributed by atoms with Crippen molar-refractivity contribution in [3.8, 4) is 0 Å². The molecule has 0 aromatic heterocycles. The van der Waals surface area contributed by atoms with Crippen molar-refractivity contribution in [2.24, 2.45) is 11.8 Å². The summed E-state index contributed by atoms with van der Waals surface area (Å²) in [6.45, 7) is 5.96. The number of hydrogen-bond donors (Lipinski definition) is 4. The minimum atomic E-state index is -1.00. The van der Waals surface area contributed by atoms with Gasteiger partial charge in [0.15, 0.2) is 0 Å². The van der Waals surface area contributed by atoms with Crippen LogP contribution in [-0.2, 0) is 4.79 Å². The van der Waals surface area contributed by atoms with Gasteiger partial charge in [-0.2, -0.15) is 0 Å². The molecule has 1 saturated carbocycles. The zero-order chi connectivity index (χ0) is 21.7. The summed E-state index contributed by atoms with van der Waals surface area (Å²) in [7, 11) is 0. The maximum atomic E-state index is 10.7. The highest BCUT2D eigenvalue weighted by molar-refractivity contribution is 5.67. The number of aliphatic carboxylic acids is 1. The van der Waals surface area contributed by atoms with E-state index in [-0.39, 0.29) is 18.4 Å². The van der Waals surface area contributed by atoms with Gasteiger partial charge < -0.3 is 20.4 Å². The maximum Gasteiger partial charge on any atom is 0.305 e. The van der Waals surface area contributed by atoms with Gasteiger partial charge in [-0.05, 0) is 44.4 Å². The maximum absolute atomic E-state index is 10.7. The lowest BCUT2D eigenvalue weighted by atomic mass is 9.88. The first-order valence-corrected chi connectivity index (χ1v) is 11.1. The Morgan fingerprint density at radius 1 is 1.21 bits per heavy atom. The van der Waals surface area contributed by atoms with Gasteiger partial charge >= 0.3 is 5.97 Å². The molecule has 1 aliphatic carbocycles. The molecule has 1 aliphatic rings. The van der Waals surface area contributed by atoms with E-state index in [1.807, 2.05) is 24.3 Å². The summed E-state index contributed by atoms with van der Waals surface area (Å²) in [5.74, 6) is -0.631. The van der Waals surface area contributed by atoms with Gasteiger partial charge in [0.25, 0.3) is 0 Å². The molecule has 0 bridgehead atoms. The average Bonchev–Trinajstić information content (AvgIpc) is 3.02. The zero-order valence-electron chi connectivity index (χ0n) is 17.9. The number of carbonyl (C=O) groups is 1. The van der Waals surface area contributed by atoms with E-state index >= 15 is 0 Å². The van der Waals surface area contributed by atoms with Crippen LogP contribution < -0.4 is 0 Å². The molecule has 5 atom stereocenters. The Hall–Kier alpha value is -1.43. The van der Waals surface area contributed by atoms with Crippen LogP contribution in [0.5, 0.6) is 0 Å². The summed E-state index contributed by atoms with van der Waals surface area (Å²) in [5, 5.41) is 39.3. The Labute approximate surface area is 175 Å². The Morgan fingerprint density at radius 2 is 1.97 bits per heavy atom. The number of hydrogen-bond acceptors (Lipinski definition) is 4. The van der Waals surface area contributed by atoms with Gasteiger partial charge in [-0.1, -0.05) is 63.0 Å². The lowest BCUT2D eigenvalue weighted by Crippen LogP contribution is -2.25. The normalized spacial score (nSPS) is 25.4. The smallest absolute Gasteiger partial charge is 0.305 e. The van der Waals surface area contributed by atoms with Gasteiger partial charge in [0.1, 0.15) is 0 Å². The first-order valence-electron chi connectivity index (χ1n) is 11.1. The van der Waals surface area contributed by atoms with Crippen LogP contribution in [-0.4, -0.2) is 44.2 Å². The summed E-state index contributed by atoms with van der Waals surface area (Å²) in [5.41, 5.74) is -0.885. The van der Waals surface area contributed by atoms with Crippen LogP contribution >= 0.6 is 0 Å². The zero-order valence-corrected chi connectivity index (χ0v) is 17.9. The van der Waals surface area contributed by atoms with Gasteiger partial charge in [-0.15, -0.1) is 6.58 Å². The van der Waals surface area contributed by atoms with E-state index in [1.54, 1.807) is 6.08 Å². The van der Waals surface area contributed by atoms with Gasteiger partial charge in [-0.25, -0.2) is 0 Å². The number of rotatable bonds is 15. The van der Waals surface area contributed by atoms with Crippen molar-refractivity contribution in [1.29, 1.82) is 0 Å². The van der Waals surface area contributed by atoms with Crippen LogP contribution in [0.25, 0.3) is 0 Å². The topological polar surface area (TPSA) is 98.0 Å². The van der Waals surface area contributed by atoms with Crippen molar-refractivity contribution in [2.75, 3.05) is 0 Å². The SMILES string of the molecule is C=CC(O)(CC=C[C@@H]1[C@@H](CC=CCC(O)CC(=O)O)CC[C@H]1O)CCCCCC. The molecule has 29 heavy (non-hydrogen) atoms. The number of aliphatic hydroxyl groups is 3. The third kappa shape index (κ3) is 10.2. The van der Waals surface area contributed by atoms with Crippen LogP contribution in [0.3, 0.4) is 0 Å². The van der Waals surface area contributed by atoms with Gasteiger partial charge in [0.2, 0.25) is 0 Å². The van der Waals surface area contributed by atoms with Crippen LogP contribution in [0.4, 0.5) is 0 Å².